The molecule has 1 unspecified atom stereocenters. The normalized spacial score (nSPS) is 13.4. The van der Waals surface area contributed by atoms with E-state index >= 15 is 0 Å². The van der Waals surface area contributed by atoms with Crippen LogP contribution in [0.25, 0.3) is 72.2 Å². The van der Waals surface area contributed by atoms with Crippen LogP contribution in [-0.4, -0.2) is 121 Å². The van der Waals surface area contributed by atoms with Gasteiger partial charge in [-0.05, 0) is 113 Å². The van der Waals surface area contributed by atoms with Crippen LogP contribution in [0, 0.1) is 65.6 Å². The molecule has 4 aliphatic heterocycles. The van der Waals surface area contributed by atoms with Crippen molar-refractivity contribution in [2.75, 3.05) is 54.8 Å². The predicted octanol–water partition coefficient (Wildman–Crippen LogP) is 16.4. The van der Waals surface area contributed by atoms with Crippen LogP contribution in [-0.2, 0) is 59.5 Å². The summed E-state index contributed by atoms with van der Waals surface area (Å²) in [5.74, 6) is 5.53. The Morgan fingerprint density at radius 1 is 0.479 bits per heavy atom. The number of hydrogen-bond donors (Lipinski definition) is 4. The summed E-state index contributed by atoms with van der Waals surface area (Å²) in [5.41, 5.74) is 20.7. The summed E-state index contributed by atoms with van der Waals surface area (Å²) in [6.07, 6.45) is 16.8. The van der Waals surface area contributed by atoms with Crippen LogP contribution >= 0.6 is 0 Å². The number of rotatable bonds is 18. The van der Waals surface area contributed by atoms with Gasteiger partial charge in [0.05, 0.1) is 84.5 Å². The lowest BCUT2D eigenvalue weighted by molar-refractivity contribution is 0.147. The second-order valence-electron chi connectivity index (χ2n) is 29.7. The van der Waals surface area contributed by atoms with Gasteiger partial charge in [-0.25, -0.2) is 61.8 Å². The summed E-state index contributed by atoms with van der Waals surface area (Å²) in [6.45, 7) is 24.9. The number of nitrogens with one attached hydrogen (secondary N) is 4. The van der Waals surface area contributed by atoms with Gasteiger partial charge in [0.1, 0.15) is 57.4 Å². The fraction of sp³-hybridized carbons (Fsp3) is 0.261. The number of aromatic nitrogens is 18. The number of benzene rings is 4. The summed E-state index contributed by atoms with van der Waals surface area (Å²) < 4.78 is 109. The number of fused-ring (bicyclic) bond motifs is 8. The van der Waals surface area contributed by atoms with Crippen molar-refractivity contribution >= 4 is 52.2 Å². The largest absolute Gasteiger partial charge is 0.493 e. The third kappa shape index (κ3) is 15.5. The lowest BCUT2D eigenvalue weighted by atomic mass is 9.97. The average Bonchev–Trinajstić information content (AvgIpc) is 1.69. The van der Waals surface area contributed by atoms with E-state index < -0.39 is 6.43 Å². The highest BCUT2D eigenvalue weighted by Gasteiger charge is 2.30. The van der Waals surface area contributed by atoms with Gasteiger partial charge in [0.2, 0.25) is 35.3 Å². The zero-order chi connectivity index (χ0) is 84.0. The summed E-state index contributed by atoms with van der Waals surface area (Å²) in [7, 11) is 5.39. The average molecular weight is 1640 g/mol. The quantitative estimate of drug-likeness (QED) is 0.0459. The zero-order valence-corrected chi connectivity index (χ0v) is 67.7. The Labute approximate surface area is 690 Å². The molecule has 0 fully saturated rings. The Balaban J connectivity index is 0.000000115. The number of hydrogen-bond acceptors (Lipinski definition) is 21. The molecule has 614 valence electrons. The van der Waals surface area contributed by atoms with Gasteiger partial charge in [-0.3, -0.25) is 32.0 Å². The summed E-state index contributed by atoms with van der Waals surface area (Å²) in [6, 6.07) is 24.6. The molecule has 0 radical (unpaired) electrons. The van der Waals surface area contributed by atoms with Crippen molar-refractivity contribution in [1.82, 2.24) is 87.0 Å². The van der Waals surface area contributed by atoms with E-state index in [2.05, 4.69) is 83.3 Å². The molecule has 0 saturated carbocycles. The van der Waals surface area contributed by atoms with Gasteiger partial charge < -0.3 is 49.8 Å². The molecule has 12 aromatic heterocycles. The van der Waals surface area contributed by atoms with E-state index in [0.29, 0.717) is 114 Å². The van der Waals surface area contributed by atoms with E-state index in [1.54, 1.807) is 88.8 Å². The fourth-order valence-electron chi connectivity index (χ4n) is 15.9. The second kappa shape index (κ2) is 33.1. The Morgan fingerprint density at radius 2 is 0.934 bits per heavy atom. The van der Waals surface area contributed by atoms with Crippen molar-refractivity contribution in [3.63, 3.8) is 0 Å². The minimum absolute atomic E-state index is 0.118. The van der Waals surface area contributed by atoms with Crippen molar-refractivity contribution in [3.05, 3.63) is 260 Å². The smallest absolute Gasteiger partial charge is 0.288 e. The maximum Gasteiger partial charge on any atom is 0.288 e. The van der Waals surface area contributed by atoms with Crippen molar-refractivity contribution in [1.29, 1.82) is 0 Å². The van der Waals surface area contributed by atoms with Crippen LogP contribution in [0.1, 0.15) is 104 Å². The van der Waals surface area contributed by atoms with E-state index in [4.69, 9.17) is 45.2 Å². The van der Waals surface area contributed by atoms with Crippen molar-refractivity contribution in [2.45, 2.75) is 106 Å². The highest BCUT2D eigenvalue weighted by Crippen LogP contribution is 2.41. The molecule has 0 saturated heterocycles. The first kappa shape index (κ1) is 78.9. The van der Waals surface area contributed by atoms with Gasteiger partial charge in [0.25, 0.3) is 12.2 Å². The molecular weight excluding hydrogens is 1550 g/mol. The highest BCUT2D eigenvalue weighted by molar-refractivity contribution is 5.82. The molecule has 1 atom stereocenters. The molecule has 0 aliphatic carbocycles. The minimum atomic E-state index is -2.73. The number of alkyl halides is 2. The van der Waals surface area contributed by atoms with E-state index in [1.165, 1.54) is 41.7 Å². The lowest BCUT2D eigenvalue weighted by Gasteiger charge is -2.14. The number of ether oxygens (including phenoxy) is 5. The first-order valence-corrected chi connectivity index (χ1v) is 39.2. The van der Waals surface area contributed by atoms with Crippen molar-refractivity contribution < 1.29 is 45.6 Å². The Kier molecular flexibility index (Phi) is 21.6. The zero-order valence-electron chi connectivity index (χ0n) is 67.7. The van der Waals surface area contributed by atoms with Crippen LogP contribution in [0.3, 0.4) is 0 Å². The molecule has 0 spiro atoms. The maximum absolute atomic E-state index is 14.6. The van der Waals surface area contributed by atoms with Crippen LogP contribution < -0.4 is 45.0 Å². The van der Waals surface area contributed by atoms with E-state index in [9.17, 15) is 22.0 Å². The molecule has 4 N–H and O–H groups in total. The Hall–Kier alpha value is -14.6. The molecule has 28 nitrogen and oxygen atoms in total. The summed E-state index contributed by atoms with van der Waals surface area (Å²) >= 11 is 0. The summed E-state index contributed by atoms with van der Waals surface area (Å²) in [5, 5.41) is 22.0. The van der Waals surface area contributed by atoms with Crippen LogP contribution in [0.15, 0.2) is 147 Å². The monoisotopic (exact) mass is 1640 g/mol. The molecule has 4 aliphatic rings. The van der Waals surface area contributed by atoms with Crippen LogP contribution in [0.5, 0.6) is 28.9 Å². The topological polar surface area (TPSA) is 281 Å². The molecule has 121 heavy (non-hydrogen) atoms. The number of imidazole rings is 4. The lowest BCUT2D eigenvalue weighted by Crippen LogP contribution is -2.10. The number of halogens is 5. The molecule has 4 aromatic carbocycles. The van der Waals surface area contributed by atoms with E-state index in [0.717, 1.165) is 126 Å². The van der Waals surface area contributed by atoms with E-state index in [1.807, 2.05) is 112 Å². The van der Waals surface area contributed by atoms with E-state index in [-0.39, 0.29) is 53.5 Å². The fourth-order valence-corrected chi connectivity index (χ4v) is 15.9. The van der Waals surface area contributed by atoms with Crippen molar-refractivity contribution in [3.8, 4) is 73.6 Å². The third-order valence-corrected chi connectivity index (χ3v) is 21.6. The van der Waals surface area contributed by atoms with Gasteiger partial charge in [-0.2, -0.15) is 10.2 Å². The number of pyridine rings is 2. The number of methoxy groups -OCH3 is 1. The molecule has 0 amide bonds. The van der Waals surface area contributed by atoms with Gasteiger partial charge in [0.15, 0.2) is 5.65 Å². The molecule has 20 rings (SSSR count). The molecule has 0 bridgehead atoms. The first-order chi connectivity index (χ1) is 58.6. The second-order valence-corrected chi connectivity index (χ2v) is 29.7. The summed E-state index contributed by atoms with van der Waals surface area (Å²) in [4.78, 5) is 48.3. The van der Waals surface area contributed by atoms with Crippen molar-refractivity contribution in [2.24, 2.45) is 14.1 Å². The highest BCUT2D eigenvalue weighted by atomic mass is 19.3. The predicted molar refractivity (Wildman–Crippen MR) is 445 cm³/mol. The molecule has 33 heteroatoms. The van der Waals surface area contributed by atoms with Gasteiger partial charge >= 0.3 is 0 Å². The molecule has 16 aromatic rings. The molecule has 16 heterocycles. The standard InChI is InChI=1S/C23H22FN5O2.C22H18F3N5O.C22H20FN7O.C21H22N6O/c1-13-8-21(30-3)25-9-16(13)18-11-27-23(29-12-14(2)28-22(18)29)26-10-17-15-6-7-31-20(15)5-4-19(17)24;1-12-11-30-21(29-12)16(14-3-2-7-26-19(14)20(24)25)10-28-22(30)27-9-15-13-6-8-31-18(13)5-4-17(15)23;1-12-11-31-18-6-5-16(23)14(20(12)18)8-25-22-26-9-15(17-7-13(2)28-29(17)4)21-27-19(24-3)10-30(21)22;1-13-9-18(26(3)25-13)17-11-23-21(27-12-14(2)24-20(17)27)22-10-15-5-4-6-19-16(15)7-8-28-19/h4-5,8-9,11-12H,6-7,10H2,1-3H3,(H,26,27);2-5,7,10-11,20H,6,8-9H2,1H3,(H,27,28);5-7,9-10,12H,8,11H2,1-2,4H3,(H,25,26);4-6,9,11-12H,7-8,10H2,1-3H3,(H,22,23). The molecular formula is C88H82F5N23O5. The minimum Gasteiger partial charge on any atom is -0.493 e. The number of anilines is 4. The number of nitrogens with zero attached hydrogens (tertiary/aromatic N) is 19. The SMILES string of the molecule is COc1cc(C)c(-c2cnc(NCc3c(F)ccc4c3CCO4)n3cc(C)nc23)cn1.Cc1cn2c(NCc3c(F)ccc4c3CCO4)ncc(-c3cccnc3C(F)F)c2n1.Cc1cn2c(NCc3cccc4c3CCO4)ncc(-c3cc(C)nn3C)c2n1.[C-]#[N+]c1cn2c(NCc3c(F)ccc4c3C(C)CO4)ncc(-c3cc(C)nn3C)c2n1. The van der Waals surface area contributed by atoms with Gasteiger partial charge in [0, 0.05) is 195 Å². The third-order valence-electron chi connectivity index (χ3n) is 21.6. The van der Waals surface area contributed by atoms with Crippen LogP contribution in [0.2, 0.25) is 0 Å². The van der Waals surface area contributed by atoms with Crippen LogP contribution in [0.4, 0.5) is 51.6 Å². The Morgan fingerprint density at radius 3 is 1.44 bits per heavy atom. The number of aryl methyl sites for hydroxylation is 8. The maximum atomic E-state index is 14.6. The van der Waals surface area contributed by atoms with Gasteiger partial charge in [-0.15, -0.1) is 0 Å². The van der Waals surface area contributed by atoms with Gasteiger partial charge in [-0.1, -0.05) is 36.7 Å². The Bertz CT molecular complexity index is 6740. The first-order valence-electron chi connectivity index (χ1n) is 39.2.